The lowest BCUT2D eigenvalue weighted by Crippen LogP contribution is -2.51. The van der Waals surface area contributed by atoms with Gasteiger partial charge in [0.15, 0.2) is 5.69 Å². The molecule has 112 valence electrons. The van der Waals surface area contributed by atoms with Crippen molar-refractivity contribution in [1.29, 1.82) is 0 Å². The molecule has 0 radical (unpaired) electrons. The Morgan fingerprint density at radius 2 is 2.15 bits per heavy atom. The molecule has 0 atom stereocenters. The first-order valence-corrected chi connectivity index (χ1v) is 8.92. The van der Waals surface area contributed by atoms with Gasteiger partial charge in [-0.05, 0) is 32.6 Å². The summed E-state index contributed by atoms with van der Waals surface area (Å²) in [5, 5.41) is 9.29. The van der Waals surface area contributed by atoms with E-state index in [4.69, 9.17) is 10.7 Å². The van der Waals surface area contributed by atoms with Gasteiger partial charge in [0.05, 0.1) is 5.69 Å². The third-order valence-electron chi connectivity index (χ3n) is 3.62. The molecule has 1 aromatic heterocycles. The average Bonchev–Trinajstić information content (AvgIpc) is 2.71. The van der Waals surface area contributed by atoms with Gasteiger partial charge in [-0.2, -0.15) is 5.10 Å². The Bertz CT molecular complexity index is 620. The minimum Gasteiger partial charge on any atom is -0.345 e. The largest absolute Gasteiger partial charge is 0.345 e. The first-order valence-electron chi connectivity index (χ1n) is 6.61. The number of hydrogen-bond donors (Lipinski definition) is 2. The molecule has 0 bridgehead atoms. The summed E-state index contributed by atoms with van der Waals surface area (Å²) < 4.78 is 23.4. The number of aryl methyl sites for hydroxylation is 1. The summed E-state index contributed by atoms with van der Waals surface area (Å²) in [4.78, 5) is 12.0. The van der Waals surface area contributed by atoms with Crippen molar-refractivity contribution in [3.63, 3.8) is 0 Å². The number of H-pyrrole nitrogens is 1. The summed E-state index contributed by atoms with van der Waals surface area (Å²) in [5.74, 6) is -0.495. The standard InChI is InChI=1S/C12H18ClN3O3S/c1-3-5-8-10(20(13,18)19)9(16-15-8)11(17)14-12(2)6-4-7-12/h3-7H2,1-2H3,(H,14,17)(H,15,16). The van der Waals surface area contributed by atoms with E-state index in [-0.39, 0.29) is 16.1 Å². The molecule has 2 rings (SSSR count). The van der Waals surface area contributed by atoms with Crippen molar-refractivity contribution in [3.05, 3.63) is 11.4 Å². The Balaban J connectivity index is 2.34. The monoisotopic (exact) mass is 319 g/mol. The van der Waals surface area contributed by atoms with Crippen LogP contribution in [0.5, 0.6) is 0 Å². The van der Waals surface area contributed by atoms with Crippen molar-refractivity contribution in [2.45, 2.75) is 56.4 Å². The van der Waals surface area contributed by atoms with Gasteiger partial charge < -0.3 is 5.32 Å². The lowest BCUT2D eigenvalue weighted by Gasteiger charge is -2.38. The highest BCUT2D eigenvalue weighted by Gasteiger charge is 2.36. The van der Waals surface area contributed by atoms with Crippen molar-refractivity contribution in [2.24, 2.45) is 0 Å². The maximum absolute atomic E-state index is 12.2. The highest BCUT2D eigenvalue weighted by atomic mass is 35.7. The smallest absolute Gasteiger partial charge is 0.273 e. The SMILES string of the molecule is CCCc1[nH]nc(C(=O)NC2(C)CCC2)c1S(=O)(=O)Cl. The van der Waals surface area contributed by atoms with E-state index in [0.29, 0.717) is 12.1 Å². The Morgan fingerprint density at radius 1 is 1.50 bits per heavy atom. The highest BCUT2D eigenvalue weighted by Crippen LogP contribution is 2.32. The lowest BCUT2D eigenvalue weighted by molar-refractivity contribution is 0.0841. The molecule has 2 N–H and O–H groups in total. The summed E-state index contributed by atoms with van der Waals surface area (Å²) in [6.07, 6.45) is 4.01. The number of amides is 1. The first-order chi connectivity index (χ1) is 9.27. The topological polar surface area (TPSA) is 91.9 Å². The van der Waals surface area contributed by atoms with Crippen LogP contribution >= 0.6 is 10.7 Å². The van der Waals surface area contributed by atoms with Crippen molar-refractivity contribution in [2.75, 3.05) is 0 Å². The summed E-state index contributed by atoms with van der Waals surface area (Å²) in [6.45, 7) is 3.84. The maximum Gasteiger partial charge on any atom is 0.273 e. The Hall–Kier alpha value is -1.08. The van der Waals surface area contributed by atoms with Gasteiger partial charge in [0.25, 0.3) is 15.0 Å². The van der Waals surface area contributed by atoms with Crippen LogP contribution in [0.25, 0.3) is 0 Å². The van der Waals surface area contributed by atoms with Gasteiger partial charge in [-0.15, -0.1) is 0 Å². The summed E-state index contributed by atoms with van der Waals surface area (Å²) in [6, 6.07) is 0. The predicted octanol–water partition coefficient (Wildman–Crippen LogP) is 1.96. The molecule has 0 spiro atoms. The molecular weight excluding hydrogens is 302 g/mol. The van der Waals surface area contributed by atoms with E-state index in [1.165, 1.54) is 0 Å². The Labute approximate surface area is 122 Å². The molecule has 1 aliphatic rings. The zero-order valence-corrected chi connectivity index (χ0v) is 13.1. The van der Waals surface area contributed by atoms with Gasteiger partial charge in [0, 0.05) is 16.2 Å². The van der Waals surface area contributed by atoms with E-state index in [0.717, 1.165) is 25.7 Å². The Kier molecular flexibility index (Phi) is 4.11. The van der Waals surface area contributed by atoms with E-state index < -0.39 is 15.0 Å². The number of carbonyl (C=O) groups excluding carboxylic acids is 1. The van der Waals surface area contributed by atoms with Gasteiger partial charge >= 0.3 is 0 Å². The quantitative estimate of drug-likeness (QED) is 0.811. The second-order valence-corrected chi connectivity index (χ2v) is 7.94. The van der Waals surface area contributed by atoms with Gasteiger partial charge in [0.2, 0.25) is 0 Å². The molecule has 20 heavy (non-hydrogen) atoms. The fourth-order valence-electron chi connectivity index (χ4n) is 2.37. The zero-order chi connectivity index (χ0) is 15.0. The number of carbonyl (C=O) groups is 1. The van der Waals surface area contributed by atoms with E-state index in [1.54, 1.807) is 0 Å². The van der Waals surface area contributed by atoms with Crippen molar-refractivity contribution < 1.29 is 13.2 Å². The van der Waals surface area contributed by atoms with Crippen molar-refractivity contribution in [3.8, 4) is 0 Å². The van der Waals surface area contributed by atoms with Crippen molar-refractivity contribution in [1.82, 2.24) is 15.5 Å². The molecule has 1 fully saturated rings. The predicted molar refractivity (Wildman–Crippen MR) is 75.3 cm³/mol. The number of nitrogens with one attached hydrogen (secondary N) is 2. The number of nitrogens with zero attached hydrogens (tertiary/aromatic N) is 1. The van der Waals surface area contributed by atoms with Crippen LogP contribution in [0.1, 0.15) is 55.7 Å². The molecule has 0 saturated heterocycles. The number of aromatic amines is 1. The van der Waals surface area contributed by atoms with E-state index in [9.17, 15) is 13.2 Å². The van der Waals surface area contributed by atoms with Crippen LogP contribution in [0.4, 0.5) is 0 Å². The molecule has 8 heteroatoms. The van der Waals surface area contributed by atoms with E-state index >= 15 is 0 Å². The molecule has 6 nitrogen and oxygen atoms in total. The van der Waals surface area contributed by atoms with Crippen LogP contribution in [0.2, 0.25) is 0 Å². The zero-order valence-electron chi connectivity index (χ0n) is 11.5. The third-order valence-corrected chi connectivity index (χ3v) is 5.01. The second kappa shape index (κ2) is 5.37. The lowest BCUT2D eigenvalue weighted by atomic mass is 9.78. The van der Waals surface area contributed by atoms with Gasteiger partial charge in [-0.25, -0.2) is 8.42 Å². The van der Waals surface area contributed by atoms with Crippen LogP contribution in [0.15, 0.2) is 4.90 Å². The molecule has 1 amide bonds. The molecule has 0 unspecified atom stereocenters. The number of hydrogen-bond acceptors (Lipinski definition) is 4. The number of halogens is 1. The van der Waals surface area contributed by atoms with Crippen LogP contribution in [0, 0.1) is 0 Å². The fraction of sp³-hybridized carbons (Fsp3) is 0.667. The van der Waals surface area contributed by atoms with Gasteiger partial charge in [-0.3, -0.25) is 9.89 Å². The molecular formula is C12H18ClN3O3S. The fourth-order valence-corrected chi connectivity index (χ4v) is 3.68. The van der Waals surface area contributed by atoms with E-state index in [2.05, 4.69) is 15.5 Å². The van der Waals surface area contributed by atoms with Crippen LogP contribution < -0.4 is 5.32 Å². The molecule has 0 aromatic carbocycles. The molecule has 1 saturated carbocycles. The van der Waals surface area contributed by atoms with Gasteiger partial charge in [-0.1, -0.05) is 13.3 Å². The third kappa shape index (κ3) is 2.98. The number of aromatic nitrogens is 2. The second-order valence-electron chi connectivity index (χ2n) is 5.44. The molecule has 1 heterocycles. The number of rotatable bonds is 5. The summed E-state index contributed by atoms with van der Waals surface area (Å²) in [5.41, 5.74) is -0.0307. The normalized spacial score (nSPS) is 17.6. The minimum atomic E-state index is -4.01. The van der Waals surface area contributed by atoms with Crippen molar-refractivity contribution >= 4 is 25.6 Å². The Morgan fingerprint density at radius 3 is 2.60 bits per heavy atom. The maximum atomic E-state index is 12.2. The van der Waals surface area contributed by atoms with Crippen LogP contribution in [-0.4, -0.2) is 30.1 Å². The highest BCUT2D eigenvalue weighted by molar-refractivity contribution is 8.13. The molecule has 1 aliphatic carbocycles. The van der Waals surface area contributed by atoms with E-state index in [1.807, 2.05) is 13.8 Å². The summed E-state index contributed by atoms with van der Waals surface area (Å²) >= 11 is 0. The van der Waals surface area contributed by atoms with Crippen LogP contribution in [0.3, 0.4) is 0 Å². The first kappa shape index (κ1) is 15.3. The molecule has 0 aliphatic heterocycles. The summed E-state index contributed by atoms with van der Waals surface area (Å²) in [7, 11) is 1.43. The van der Waals surface area contributed by atoms with Gasteiger partial charge in [0.1, 0.15) is 4.90 Å². The van der Waals surface area contributed by atoms with Crippen LogP contribution in [-0.2, 0) is 15.5 Å². The average molecular weight is 320 g/mol. The minimum absolute atomic E-state index is 0.142. The molecule has 1 aromatic rings.